The maximum Gasteiger partial charge on any atom is 0.324 e. The molecule has 2 heterocycles. The van der Waals surface area contributed by atoms with Crippen molar-refractivity contribution in [1.29, 1.82) is 0 Å². The summed E-state index contributed by atoms with van der Waals surface area (Å²) in [7, 11) is -2.61. The Balaban J connectivity index is 2.41. The zero-order valence-corrected chi connectivity index (χ0v) is 12.7. The van der Waals surface area contributed by atoms with Crippen molar-refractivity contribution in [1.82, 2.24) is 9.29 Å². The van der Waals surface area contributed by atoms with E-state index in [1.807, 2.05) is 0 Å². The summed E-state index contributed by atoms with van der Waals surface area (Å²) in [6, 6.07) is 2.19. The summed E-state index contributed by atoms with van der Waals surface area (Å²) in [5, 5.41) is -0.0829. The number of hydrogen-bond acceptors (Lipinski definition) is 5. The summed E-state index contributed by atoms with van der Waals surface area (Å²) in [4.78, 5) is 15.5. The zero-order chi connectivity index (χ0) is 14.9. The van der Waals surface area contributed by atoms with Gasteiger partial charge < -0.3 is 4.74 Å². The van der Waals surface area contributed by atoms with Crippen molar-refractivity contribution in [2.45, 2.75) is 30.7 Å². The Kier molecular flexibility index (Phi) is 4.31. The summed E-state index contributed by atoms with van der Waals surface area (Å²) in [5.74, 6) is -0.553. The summed E-state index contributed by atoms with van der Waals surface area (Å²) in [6.07, 6.45) is 1.05. The standard InChI is InChI=1S/C12H15ClN2O4S/c1-8-5-6-10(11(13)14-8)20(17,18)15-7-3-4-9(15)12(16)19-2/h5-6,9H,3-4,7H2,1-2H3/t9-/m0/s1. The van der Waals surface area contributed by atoms with Crippen molar-refractivity contribution in [3.05, 3.63) is 23.0 Å². The third-order valence-corrected chi connectivity index (χ3v) is 5.56. The monoisotopic (exact) mass is 318 g/mol. The van der Waals surface area contributed by atoms with Gasteiger partial charge in [-0.3, -0.25) is 4.79 Å². The van der Waals surface area contributed by atoms with Crippen molar-refractivity contribution in [3.8, 4) is 0 Å². The lowest BCUT2D eigenvalue weighted by atomic mass is 10.2. The van der Waals surface area contributed by atoms with Gasteiger partial charge in [0.05, 0.1) is 7.11 Å². The topological polar surface area (TPSA) is 76.6 Å². The SMILES string of the molecule is COC(=O)[C@@H]1CCCN1S(=O)(=O)c1ccc(C)nc1Cl. The molecule has 2 rings (SSSR count). The minimum atomic E-state index is -3.85. The van der Waals surface area contributed by atoms with Gasteiger partial charge in [-0.05, 0) is 31.9 Å². The average molecular weight is 319 g/mol. The highest BCUT2D eigenvalue weighted by Gasteiger charge is 2.41. The third-order valence-electron chi connectivity index (χ3n) is 3.22. The first-order chi connectivity index (χ1) is 9.37. The largest absolute Gasteiger partial charge is 0.468 e. The Morgan fingerprint density at radius 1 is 1.50 bits per heavy atom. The predicted molar refractivity (Wildman–Crippen MR) is 72.9 cm³/mol. The number of ether oxygens (including phenoxy) is 1. The highest BCUT2D eigenvalue weighted by atomic mass is 35.5. The van der Waals surface area contributed by atoms with Crippen LogP contribution in [0.3, 0.4) is 0 Å². The maximum atomic E-state index is 12.6. The number of pyridine rings is 1. The van der Waals surface area contributed by atoms with Crippen LogP contribution >= 0.6 is 11.6 Å². The van der Waals surface area contributed by atoms with E-state index in [9.17, 15) is 13.2 Å². The number of carbonyl (C=O) groups is 1. The van der Waals surface area contributed by atoms with Gasteiger partial charge in [-0.25, -0.2) is 13.4 Å². The van der Waals surface area contributed by atoms with Gasteiger partial charge in [0.1, 0.15) is 16.1 Å². The lowest BCUT2D eigenvalue weighted by Crippen LogP contribution is -2.41. The van der Waals surface area contributed by atoms with Gasteiger partial charge >= 0.3 is 5.97 Å². The normalized spacial score (nSPS) is 20.1. The molecule has 0 saturated carbocycles. The number of carbonyl (C=O) groups excluding carboxylic acids is 1. The Hall–Kier alpha value is -1.18. The quantitative estimate of drug-likeness (QED) is 0.621. The highest BCUT2D eigenvalue weighted by molar-refractivity contribution is 7.89. The smallest absolute Gasteiger partial charge is 0.324 e. The van der Waals surface area contributed by atoms with Gasteiger partial charge in [-0.2, -0.15) is 4.31 Å². The van der Waals surface area contributed by atoms with Gasteiger partial charge in [0, 0.05) is 12.2 Å². The molecule has 1 atom stereocenters. The molecular weight excluding hydrogens is 304 g/mol. The summed E-state index contributed by atoms with van der Waals surface area (Å²) >= 11 is 5.92. The van der Waals surface area contributed by atoms with Crippen LogP contribution in [0.25, 0.3) is 0 Å². The van der Waals surface area contributed by atoms with Crippen LogP contribution in [0, 0.1) is 6.92 Å². The minimum Gasteiger partial charge on any atom is -0.468 e. The fraction of sp³-hybridized carbons (Fsp3) is 0.500. The molecule has 20 heavy (non-hydrogen) atoms. The van der Waals surface area contributed by atoms with E-state index in [4.69, 9.17) is 11.6 Å². The Bertz CT molecular complexity index is 632. The molecule has 1 fully saturated rings. The molecule has 1 saturated heterocycles. The first-order valence-corrected chi connectivity index (χ1v) is 7.92. The second-order valence-corrected chi connectivity index (χ2v) is 6.76. The molecule has 0 spiro atoms. The molecule has 6 nitrogen and oxygen atoms in total. The van der Waals surface area contributed by atoms with E-state index in [-0.39, 0.29) is 16.6 Å². The lowest BCUT2D eigenvalue weighted by Gasteiger charge is -2.22. The minimum absolute atomic E-state index is 0.0828. The van der Waals surface area contributed by atoms with Crippen molar-refractivity contribution in [2.75, 3.05) is 13.7 Å². The molecule has 0 radical (unpaired) electrons. The highest BCUT2D eigenvalue weighted by Crippen LogP contribution is 2.29. The van der Waals surface area contributed by atoms with Gasteiger partial charge in [-0.15, -0.1) is 0 Å². The number of methoxy groups -OCH3 is 1. The van der Waals surface area contributed by atoms with Crippen molar-refractivity contribution < 1.29 is 17.9 Å². The van der Waals surface area contributed by atoms with Crippen molar-refractivity contribution in [3.63, 3.8) is 0 Å². The molecule has 0 N–H and O–H groups in total. The Labute approximate surface area is 122 Å². The molecule has 1 aromatic rings. The van der Waals surface area contributed by atoms with Crippen LogP contribution in [-0.2, 0) is 19.6 Å². The first kappa shape index (κ1) is 15.2. The summed E-state index contributed by atoms with van der Waals surface area (Å²) < 4.78 is 31.0. The second kappa shape index (κ2) is 5.67. The lowest BCUT2D eigenvalue weighted by molar-refractivity contribution is -0.144. The number of aryl methyl sites for hydroxylation is 1. The number of hydrogen-bond donors (Lipinski definition) is 0. The molecule has 0 aliphatic carbocycles. The van der Waals surface area contributed by atoms with Gasteiger partial charge in [0.25, 0.3) is 0 Å². The number of esters is 1. The van der Waals surface area contributed by atoms with Crippen molar-refractivity contribution >= 4 is 27.6 Å². The molecule has 1 aromatic heterocycles. The Morgan fingerprint density at radius 3 is 2.80 bits per heavy atom. The fourth-order valence-corrected chi connectivity index (χ4v) is 4.37. The van der Waals surface area contributed by atoms with E-state index in [0.717, 1.165) is 4.31 Å². The molecule has 0 aromatic carbocycles. The maximum absolute atomic E-state index is 12.6. The first-order valence-electron chi connectivity index (χ1n) is 6.10. The molecular formula is C12H15ClN2O4S. The van der Waals surface area contributed by atoms with Gasteiger partial charge in [-0.1, -0.05) is 11.6 Å². The molecule has 8 heteroatoms. The summed E-state index contributed by atoms with van der Waals surface area (Å²) in [6.45, 7) is 1.99. The summed E-state index contributed by atoms with van der Waals surface area (Å²) in [5.41, 5.74) is 0.625. The van der Waals surface area contributed by atoms with E-state index >= 15 is 0 Å². The Morgan fingerprint density at radius 2 is 2.20 bits per heavy atom. The van der Waals surface area contributed by atoms with Gasteiger partial charge in [0.2, 0.25) is 10.0 Å². The molecule has 1 aliphatic rings. The van der Waals surface area contributed by atoms with E-state index in [1.54, 1.807) is 13.0 Å². The van der Waals surface area contributed by atoms with Crippen LogP contribution in [-0.4, -0.2) is 43.4 Å². The van der Waals surface area contributed by atoms with Crippen molar-refractivity contribution in [2.24, 2.45) is 0 Å². The third kappa shape index (κ3) is 2.65. The average Bonchev–Trinajstić information content (AvgIpc) is 2.87. The second-order valence-electron chi connectivity index (χ2n) is 4.54. The van der Waals surface area contributed by atoms with Crippen LogP contribution in [0.5, 0.6) is 0 Å². The number of nitrogens with zero attached hydrogens (tertiary/aromatic N) is 2. The van der Waals surface area contributed by atoms with Crippen LogP contribution in [0.15, 0.2) is 17.0 Å². The van der Waals surface area contributed by atoms with E-state index < -0.39 is 22.0 Å². The predicted octanol–water partition coefficient (Wildman–Crippen LogP) is 1.37. The van der Waals surface area contributed by atoms with Crippen LogP contribution in [0.4, 0.5) is 0 Å². The fourth-order valence-electron chi connectivity index (χ4n) is 2.23. The van der Waals surface area contributed by atoms with Crippen LogP contribution in [0.1, 0.15) is 18.5 Å². The van der Waals surface area contributed by atoms with E-state index in [0.29, 0.717) is 18.5 Å². The zero-order valence-electron chi connectivity index (χ0n) is 11.2. The van der Waals surface area contributed by atoms with E-state index in [1.165, 1.54) is 13.2 Å². The number of rotatable bonds is 3. The number of sulfonamides is 1. The van der Waals surface area contributed by atoms with Crippen LogP contribution < -0.4 is 0 Å². The van der Waals surface area contributed by atoms with Gasteiger partial charge in [0.15, 0.2) is 0 Å². The van der Waals surface area contributed by atoms with Crippen LogP contribution in [0.2, 0.25) is 5.15 Å². The molecule has 0 bridgehead atoms. The molecule has 1 aliphatic heterocycles. The molecule has 0 unspecified atom stereocenters. The number of halogens is 1. The van der Waals surface area contributed by atoms with E-state index in [2.05, 4.69) is 9.72 Å². The number of aromatic nitrogens is 1. The molecule has 110 valence electrons. The molecule has 0 amide bonds.